The van der Waals surface area contributed by atoms with Crippen LogP contribution in [0.1, 0.15) is 71.6 Å². The van der Waals surface area contributed by atoms with E-state index >= 15 is 0 Å². The normalized spacial score (nSPS) is 35.6. The minimum absolute atomic E-state index is 0.0272. The highest BCUT2D eigenvalue weighted by molar-refractivity contribution is 6.18. The van der Waals surface area contributed by atoms with Crippen LogP contribution < -0.4 is 15.0 Å². The van der Waals surface area contributed by atoms with Crippen LogP contribution in [0.4, 0.5) is 5.69 Å². The number of fused-ring (bicyclic) bond motifs is 5. The molecule has 4 aliphatic rings. The molecule has 216 valence electrons. The van der Waals surface area contributed by atoms with Gasteiger partial charge in [0.2, 0.25) is 5.91 Å². The van der Waals surface area contributed by atoms with E-state index in [0.29, 0.717) is 53.0 Å². The first-order chi connectivity index (χ1) is 18.8. The van der Waals surface area contributed by atoms with Gasteiger partial charge in [0, 0.05) is 42.5 Å². The van der Waals surface area contributed by atoms with Crippen molar-refractivity contribution in [2.75, 3.05) is 36.4 Å². The van der Waals surface area contributed by atoms with Crippen molar-refractivity contribution in [2.45, 2.75) is 83.3 Å². The van der Waals surface area contributed by atoms with Crippen molar-refractivity contribution < 1.29 is 19.1 Å². The molecule has 1 heterocycles. The highest BCUT2D eigenvalue weighted by Crippen LogP contribution is 2.62. The molecule has 3 aliphatic carbocycles. The van der Waals surface area contributed by atoms with Crippen molar-refractivity contribution in [2.24, 2.45) is 29.1 Å². The third-order valence-electron chi connectivity index (χ3n) is 10.7. The Balaban J connectivity index is 1.12. The zero-order chi connectivity index (χ0) is 27.6. The number of hydrogen-bond donors (Lipinski definition) is 1. The first-order valence-corrected chi connectivity index (χ1v) is 15.9. The highest BCUT2D eigenvalue weighted by atomic mass is 35.5. The molecule has 0 radical (unpaired) electrons. The number of nitrogens with one attached hydrogen (secondary N) is 1. The summed E-state index contributed by atoms with van der Waals surface area (Å²) in [4.78, 5) is 27.0. The topological polar surface area (TPSA) is 67.9 Å². The van der Waals surface area contributed by atoms with Crippen molar-refractivity contribution in [1.29, 1.82) is 0 Å². The zero-order valence-corrected chi connectivity index (χ0v) is 24.9. The summed E-state index contributed by atoms with van der Waals surface area (Å²) in [5.74, 6) is 4.22. The second kappa shape index (κ2) is 12.1. The summed E-state index contributed by atoms with van der Waals surface area (Å²) < 4.78 is 11.7. The number of carbonyl (C=O) groups excluding carboxylic acids is 2. The first-order valence-electron chi connectivity index (χ1n) is 14.9. The van der Waals surface area contributed by atoms with Crippen LogP contribution >= 0.6 is 23.2 Å². The van der Waals surface area contributed by atoms with Crippen LogP contribution in [0, 0.1) is 29.1 Å². The van der Waals surface area contributed by atoms with Gasteiger partial charge in [-0.25, -0.2) is 4.79 Å². The lowest BCUT2D eigenvalue weighted by Gasteiger charge is -2.62. The molecule has 0 unspecified atom stereocenters. The molecule has 0 aromatic heterocycles. The number of alkyl halides is 2. The lowest BCUT2D eigenvalue weighted by Crippen LogP contribution is -2.63. The second-order valence-electron chi connectivity index (χ2n) is 12.7. The van der Waals surface area contributed by atoms with Crippen LogP contribution in [0.2, 0.25) is 0 Å². The summed E-state index contributed by atoms with van der Waals surface area (Å²) >= 11 is 11.8. The Labute approximate surface area is 243 Å². The molecule has 1 saturated heterocycles. The molecule has 39 heavy (non-hydrogen) atoms. The van der Waals surface area contributed by atoms with E-state index < -0.39 is 0 Å². The van der Waals surface area contributed by atoms with Gasteiger partial charge < -0.3 is 19.7 Å². The Bertz CT molecular complexity index is 1020. The van der Waals surface area contributed by atoms with E-state index in [-0.39, 0.29) is 30.1 Å². The minimum Gasteiger partial charge on any atom is -0.482 e. The maximum atomic E-state index is 12.7. The van der Waals surface area contributed by atoms with Gasteiger partial charge in [-0.2, -0.15) is 0 Å². The smallest absolute Gasteiger partial charge is 0.344 e. The van der Waals surface area contributed by atoms with Crippen molar-refractivity contribution in [3.8, 4) is 5.75 Å². The van der Waals surface area contributed by atoms with E-state index in [1.807, 2.05) is 24.3 Å². The quantitative estimate of drug-likeness (QED) is 0.280. The van der Waals surface area contributed by atoms with Crippen LogP contribution in [0.3, 0.4) is 0 Å². The van der Waals surface area contributed by atoms with Gasteiger partial charge in [-0.05, 0) is 112 Å². The average Bonchev–Trinajstić information content (AvgIpc) is 2.91. The van der Waals surface area contributed by atoms with E-state index in [4.69, 9.17) is 32.7 Å². The Morgan fingerprint density at radius 3 is 2.46 bits per heavy atom. The monoisotopic (exact) mass is 578 g/mol. The first kappa shape index (κ1) is 28.9. The number of benzene rings is 1. The van der Waals surface area contributed by atoms with E-state index in [2.05, 4.69) is 24.1 Å². The second-order valence-corrected chi connectivity index (χ2v) is 13.5. The molecule has 0 bridgehead atoms. The molecule has 1 aromatic carbocycles. The Morgan fingerprint density at radius 1 is 1.00 bits per heavy atom. The number of carbonyl (C=O) groups is 2. The molecule has 1 amide bonds. The van der Waals surface area contributed by atoms with Gasteiger partial charge in [0.1, 0.15) is 11.9 Å². The number of nitrogens with zero attached hydrogens (tertiary/aromatic N) is 1. The number of piperidine rings is 1. The SMILES string of the molecule is C[C@]12CC[C@H](OC(=O)COc3ccc(N(CCCl)CCCl)cc3)C[C@@H]1CC[C@@H]1[C@@H]2CC[C@]2(C)NC(=O)CC[C@@H]12. The Morgan fingerprint density at radius 2 is 1.74 bits per heavy atom. The van der Waals surface area contributed by atoms with Gasteiger partial charge in [0.05, 0.1) is 0 Å². The third kappa shape index (κ3) is 6.02. The van der Waals surface area contributed by atoms with Crippen LogP contribution in [0.15, 0.2) is 24.3 Å². The molecule has 4 fully saturated rings. The molecule has 0 spiro atoms. The minimum atomic E-state index is -0.293. The standard InChI is InChI=1S/C31H44Cl2N2O4/c1-30-13-11-24(39-29(37)20-38-23-6-4-22(5-7-23)35(17-15-32)18-16-33)19-21(30)3-8-25-26(30)12-14-31(2)27(25)9-10-28(36)34-31/h4-7,21,24-27H,3,8-20H2,1-2H3,(H,34,36)/t21-,24-,25+,26-,27-,30-,31-/m0/s1. The number of amides is 1. The summed E-state index contributed by atoms with van der Waals surface area (Å²) in [5, 5.41) is 3.36. The maximum Gasteiger partial charge on any atom is 0.344 e. The van der Waals surface area contributed by atoms with E-state index in [0.717, 1.165) is 50.9 Å². The van der Waals surface area contributed by atoms with Crippen molar-refractivity contribution >= 4 is 40.8 Å². The fraction of sp³-hybridized carbons (Fsp3) is 0.742. The van der Waals surface area contributed by atoms with Gasteiger partial charge in [-0.3, -0.25) is 4.79 Å². The number of rotatable bonds is 9. The molecule has 1 aliphatic heterocycles. The van der Waals surface area contributed by atoms with E-state index in [1.165, 1.54) is 19.3 Å². The number of ether oxygens (including phenoxy) is 2. The molecule has 5 rings (SSSR count). The molecule has 1 N–H and O–H groups in total. The van der Waals surface area contributed by atoms with Crippen LogP contribution in [-0.2, 0) is 14.3 Å². The summed E-state index contributed by atoms with van der Waals surface area (Å²) in [6.45, 7) is 6.15. The fourth-order valence-electron chi connectivity index (χ4n) is 8.69. The average molecular weight is 580 g/mol. The van der Waals surface area contributed by atoms with Crippen LogP contribution in [0.25, 0.3) is 0 Å². The predicted molar refractivity (Wildman–Crippen MR) is 156 cm³/mol. The molecule has 7 atom stereocenters. The molecule has 8 heteroatoms. The Hall–Kier alpha value is -1.66. The third-order valence-corrected chi connectivity index (χ3v) is 11.0. The number of esters is 1. The van der Waals surface area contributed by atoms with Crippen molar-refractivity contribution in [1.82, 2.24) is 5.32 Å². The molecule has 1 aromatic rings. The van der Waals surface area contributed by atoms with E-state index in [9.17, 15) is 9.59 Å². The predicted octanol–water partition coefficient (Wildman–Crippen LogP) is 6.17. The van der Waals surface area contributed by atoms with Gasteiger partial charge in [0.15, 0.2) is 6.61 Å². The maximum absolute atomic E-state index is 12.7. The van der Waals surface area contributed by atoms with Crippen molar-refractivity contribution in [3.63, 3.8) is 0 Å². The van der Waals surface area contributed by atoms with Crippen molar-refractivity contribution in [3.05, 3.63) is 24.3 Å². The molecular formula is C31H44Cl2N2O4. The lowest BCUT2D eigenvalue weighted by atomic mass is 9.45. The largest absolute Gasteiger partial charge is 0.482 e. The van der Waals surface area contributed by atoms with Crippen LogP contribution in [-0.4, -0.2) is 55.0 Å². The van der Waals surface area contributed by atoms with Gasteiger partial charge in [-0.15, -0.1) is 23.2 Å². The molecule has 6 nitrogen and oxygen atoms in total. The number of halogens is 2. The lowest BCUT2D eigenvalue weighted by molar-refractivity contribution is -0.164. The van der Waals surface area contributed by atoms with E-state index in [1.54, 1.807) is 0 Å². The fourth-order valence-corrected chi connectivity index (χ4v) is 9.10. The summed E-state index contributed by atoms with van der Waals surface area (Å²) in [7, 11) is 0. The highest BCUT2D eigenvalue weighted by Gasteiger charge is 2.58. The van der Waals surface area contributed by atoms with Gasteiger partial charge >= 0.3 is 5.97 Å². The van der Waals surface area contributed by atoms with Gasteiger partial charge in [0.25, 0.3) is 0 Å². The Kier molecular flexibility index (Phi) is 8.92. The molecular weight excluding hydrogens is 535 g/mol. The zero-order valence-electron chi connectivity index (χ0n) is 23.4. The molecule has 3 saturated carbocycles. The number of hydrogen-bond acceptors (Lipinski definition) is 5. The summed E-state index contributed by atoms with van der Waals surface area (Å²) in [6.07, 6.45) is 9.37. The summed E-state index contributed by atoms with van der Waals surface area (Å²) in [6, 6.07) is 7.67. The van der Waals surface area contributed by atoms with Gasteiger partial charge in [-0.1, -0.05) is 6.92 Å². The summed E-state index contributed by atoms with van der Waals surface area (Å²) in [5.41, 5.74) is 1.30. The van der Waals surface area contributed by atoms with Crippen LogP contribution in [0.5, 0.6) is 5.75 Å². The number of anilines is 1.